The maximum Gasteiger partial charge on any atom is 0.407 e. The fourth-order valence-electron chi connectivity index (χ4n) is 9.24. The molecule has 1 aromatic heterocycles. The maximum absolute atomic E-state index is 14.0. The Kier molecular flexibility index (Phi) is 34.8. The van der Waals surface area contributed by atoms with Crippen LogP contribution in [0, 0.1) is 5.41 Å². The molecule has 0 spiro atoms. The minimum atomic E-state index is -1.23. The van der Waals surface area contributed by atoms with Crippen LogP contribution >= 0.6 is 0 Å². The minimum absolute atomic E-state index is 0.0303. The number of nitrogens with one attached hydrogen (secondary N) is 11. The number of unbranched alkanes of at least 4 members (excludes halogenated alkanes) is 3. The predicted octanol–water partition coefficient (Wildman–Crippen LogP) is 6.23. The molecule has 3 unspecified atom stereocenters. The molecule has 0 saturated carbocycles. The third-order valence-corrected chi connectivity index (χ3v) is 13.9. The Morgan fingerprint density at radius 2 is 0.990 bits per heavy atom. The molecular weight excluding hydrogens is 1300 g/mol. The number of rotatable bonds is 37. The molecule has 0 radical (unpaired) electrons. The van der Waals surface area contributed by atoms with Gasteiger partial charge in [-0.25, -0.2) is 33.4 Å². The van der Waals surface area contributed by atoms with Crippen LogP contribution in [0.4, 0.5) is 24.9 Å². The molecule has 1 heterocycles. The van der Waals surface area contributed by atoms with E-state index in [2.05, 4.69) is 68.8 Å². The number of carbonyl (C=O) groups is 12. The fraction of sp³-hybridized carbons (Fsp3) is 0.623. The summed E-state index contributed by atoms with van der Waals surface area (Å²) < 4.78 is 28.4. The number of alkyl carbamates (subject to hydrolysis) is 2. The Hall–Kier alpha value is -9.58. The van der Waals surface area contributed by atoms with Gasteiger partial charge in [0.1, 0.15) is 53.7 Å². The van der Waals surface area contributed by atoms with Crippen molar-refractivity contribution in [2.24, 2.45) is 5.41 Å². The van der Waals surface area contributed by atoms with Crippen molar-refractivity contribution in [3.05, 3.63) is 66.4 Å². The standard InChI is InChI=1S/C69H108N14O17/c1-65(2,3)52(81-62(93)80-50(60(91)99-68(10,11)12)33-34-57(88)97-66(4,5)6)32-21-24-35-70-61(92)77-47-29-25-28-46(38-47)51-39-76-82-83(51)43-56(87)75-41-54(85)73-40-53(84)74-42-55(86)78-48(30-19-22-37-72-64(95)100-69(13,14)15)58(89)79-49(59(90)98-67(7,8)9)31-20-23-36-71-63(94)96-44-45-26-17-16-18-27-45/h16-18,25-29,38-39,48-50,52H,19-24,30-37,40-44H2,1-15H3,(H,71,94)(H,72,95)(H,73,85)(H,74,84)(H,75,87)(H,78,86)(H,79,89)(H2,70,77,92)(H2,80,81,93)/t48?,49-,50?,52?/m0/s1. The number of carbonyl (C=O) groups excluding carboxylic acids is 12. The summed E-state index contributed by atoms with van der Waals surface area (Å²) in [5.41, 5.74) is -1.41. The molecule has 0 aliphatic carbocycles. The Morgan fingerprint density at radius 3 is 1.56 bits per heavy atom. The van der Waals surface area contributed by atoms with Crippen LogP contribution in [0.15, 0.2) is 60.8 Å². The van der Waals surface area contributed by atoms with E-state index in [4.69, 9.17) is 23.7 Å². The van der Waals surface area contributed by atoms with Crippen molar-refractivity contribution >= 4 is 77.4 Å². The number of urea groups is 2. The highest BCUT2D eigenvalue weighted by molar-refractivity contribution is 5.94. The smallest absolute Gasteiger partial charge is 0.407 e. The molecule has 100 heavy (non-hydrogen) atoms. The van der Waals surface area contributed by atoms with Crippen molar-refractivity contribution in [3.63, 3.8) is 0 Å². The van der Waals surface area contributed by atoms with Crippen molar-refractivity contribution in [2.75, 3.05) is 44.6 Å². The average molecular weight is 1410 g/mol. The number of aromatic nitrogens is 3. The molecule has 0 bridgehead atoms. The summed E-state index contributed by atoms with van der Waals surface area (Å²) in [5.74, 6) is -5.58. The van der Waals surface area contributed by atoms with Crippen molar-refractivity contribution in [1.29, 1.82) is 0 Å². The van der Waals surface area contributed by atoms with Crippen molar-refractivity contribution in [2.45, 2.75) is 234 Å². The van der Waals surface area contributed by atoms with Gasteiger partial charge in [-0.05, 0) is 170 Å². The van der Waals surface area contributed by atoms with E-state index in [9.17, 15) is 57.5 Å². The minimum Gasteiger partial charge on any atom is -0.460 e. The first-order valence-corrected chi connectivity index (χ1v) is 33.7. The predicted molar refractivity (Wildman–Crippen MR) is 371 cm³/mol. The molecule has 0 saturated heterocycles. The molecule has 0 fully saturated rings. The van der Waals surface area contributed by atoms with Gasteiger partial charge in [0.15, 0.2) is 0 Å². The van der Waals surface area contributed by atoms with Gasteiger partial charge in [0.25, 0.3) is 0 Å². The molecule has 3 rings (SSSR count). The third kappa shape index (κ3) is 38.0. The van der Waals surface area contributed by atoms with E-state index in [0.717, 1.165) is 5.56 Å². The molecule has 0 aliphatic heterocycles. The van der Waals surface area contributed by atoms with Gasteiger partial charge >= 0.3 is 42.2 Å². The number of hydrogen-bond acceptors (Lipinski definition) is 19. The van der Waals surface area contributed by atoms with Crippen molar-refractivity contribution in [1.82, 2.24) is 68.2 Å². The highest BCUT2D eigenvalue weighted by Crippen LogP contribution is 2.25. The summed E-state index contributed by atoms with van der Waals surface area (Å²) >= 11 is 0. The van der Waals surface area contributed by atoms with Gasteiger partial charge in [-0.15, -0.1) is 5.10 Å². The Morgan fingerprint density at radius 1 is 0.470 bits per heavy atom. The molecule has 31 heteroatoms. The van der Waals surface area contributed by atoms with E-state index >= 15 is 0 Å². The van der Waals surface area contributed by atoms with E-state index < -0.39 is 137 Å². The molecule has 11 N–H and O–H groups in total. The lowest BCUT2D eigenvalue weighted by Crippen LogP contribution is -2.54. The van der Waals surface area contributed by atoms with E-state index in [1.807, 2.05) is 51.1 Å². The van der Waals surface area contributed by atoms with Crippen LogP contribution in [0.1, 0.15) is 180 Å². The average Bonchev–Trinajstić information content (AvgIpc) is 1.62. The van der Waals surface area contributed by atoms with Gasteiger partial charge in [0, 0.05) is 43.3 Å². The van der Waals surface area contributed by atoms with E-state index in [1.165, 1.54) is 10.9 Å². The van der Waals surface area contributed by atoms with Gasteiger partial charge in [0.05, 0.1) is 31.5 Å². The Bertz CT molecular complexity index is 3180. The molecule has 556 valence electrons. The summed E-state index contributed by atoms with van der Waals surface area (Å²) in [7, 11) is 0. The maximum atomic E-state index is 14.0. The highest BCUT2D eigenvalue weighted by atomic mass is 16.6. The first-order valence-electron chi connectivity index (χ1n) is 33.7. The summed E-state index contributed by atoms with van der Waals surface area (Å²) in [6.45, 7) is 25.1. The Balaban J connectivity index is 1.50. The van der Waals surface area contributed by atoms with Crippen LogP contribution in [0.3, 0.4) is 0 Å². The van der Waals surface area contributed by atoms with Crippen LogP contribution < -0.4 is 58.5 Å². The fourth-order valence-corrected chi connectivity index (χ4v) is 9.24. The lowest BCUT2D eigenvalue weighted by atomic mass is 9.84. The molecule has 11 amide bonds. The lowest BCUT2D eigenvalue weighted by molar-refractivity contribution is -0.160. The van der Waals surface area contributed by atoms with E-state index in [1.54, 1.807) is 107 Å². The van der Waals surface area contributed by atoms with Crippen LogP contribution in [-0.4, -0.2) is 173 Å². The number of nitrogens with zero attached hydrogens (tertiary/aromatic N) is 3. The third-order valence-electron chi connectivity index (χ3n) is 13.9. The second-order valence-electron chi connectivity index (χ2n) is 28.9. The second kappa shape index (κ2) is 41.1. The zero-order chi connectivity index (χ0) is 74.9. The zero-order valence-electron chi connectivity index (χ0n) is 60.8. The highest BCUT2D eigenvalue weighted by Gasteiger charge is 2.33. The van der Waals surface area contributed by atoms with Gasteiger partial charge < -0.3 is 82.2 Å². The first-order chi connectivity index (χ1) is 46.6. The topological polar surface area (TPSA) is 414 Å². The summed E-state index contributed by atoms with van der Waals surface area (Å²) in [6, 6.07) is 11.0. The number of amides is 11. The normalized spacial score (nSPS) is 12.8. The lowest BCUT2D eigenvalue weighted by Gasteiger charge is -2.32. The van der Waals surface area contributed by atoms with E-state index in [0.29, 0.717) is 68.4 Å². The molecule has 0 aliphatic rings. The largest absolute Gasteiger partial charge is 0.460 e. The van der Waals surface area contributed by atoms with Crippen LogP contribution in [-0.2, 0) is 75.2 Å². The summed E-state index contributed by atoms with van der Waals surface area (Å²) in [5, 5.41) is 37.1. The van der Waals surface area contributed by atoms with Gasteiger partial charge in [0.2, 0.25) is 29.5 Å². The number of ether oxygens (including phenoxy) is 5. The summed E-state index contributed by atoms with van der Waals surface area (Å²) in [6.07, 6.45) is 3.33. The van der Waals surface area contributed by atoms with E-state index in [-0.39, 0.29) is 58.0 Å². The molecule has 4 atom stereocenters. The van der Waals surface area contributed by atoms with Crippen LogP contribution in [0.2, 0.25) is 0 Å². The zero-order valence-corrected chi connectivity index (χ0v) is 60.8. The number of benzene rings is 2. The van der Waals surface area contributed by atoms with Gasteiger partial charge in [-0.1, -0.05) is 68.4 Å². The SMILES string of the molecule is CC(C)(C)OC(=O)CCC(NC(=O)NC(CCCCNC(=O)Nc1cccc(-c2cnnn2CC(=O)NCC(=O)NCC(=O)NCC(=O)NC(CCCCNC(=O)OC(C)(C)C)C(=O)N[C@@H](CCCCNC(=O)OCc2ccccc2)C(=O)OC(C)(C)C)c1)C(C)(C)C)C(=O)OC(C)(C)C. The molecule has 3 aromatic rings. The number of anilines is 1. The molecule has 2 aromatic carbocycles. The number of esters is 3. The molecule has 31 nitrogen and oxygen atoms in total. The van der Waals surface area contributed by atoms with Crippen molar-refractivity contribution in [3.8, 4) is 11.3 Å². The van der Waals surface area contributed by atoms with Crippen molar-refractivity contribution < 1.29 is 81.2 Å². The van der Waals surface area contributed by atoms with Gasteiger partial charge in [-0.3, -0.25) is 28.8 Å². The van der Waals surface area contributed by atoms with Crippen LogP contribution in [0.25, 0.3) is 11.3 Å². The summed E-state index contributed by atoms with van der Waals surface area (Å²) in [4.78, 5) is 156. The monoisotopic (exact) mass is 1400 g/mol. The first kappa shape index (κ1) is 84.6. The van der Waals surface area contributed by atoms with Crippen LogP contribution in [0.5, 0.6) is 0 Å². The number of hydrogen-bond donors (Lipinski definition) is 11. The Labute approximate surface area is 586 Å². The van der Waals surface area contributed by atoms with Gasteiger partial charge in [-0.2, -0.15) is 0 Å². The molecular formula is C69H108N14O17. The second-order valence-corrected chi connectivity index (χ2v) is 28.9. The quantitative estimate of drug-likeness (QED) is 0.0173.